The number of non-ortho nitro benzene ring substituents is 1. The molecule has 0 aliphatic rings. The summed E-state index contributed by atoms with van der Waals surface area (Å²) in [6.45, 7) is 4.88. The van der Waals surface area contributed by atoms with Crippen LogP contribution < -0.4 is 10.6 Å². The molecule has 0 aromatic heterocycles. The Kier molecular flexibility index (Phi) is 16.1. The number of ether oxygens (including phenoxy) is 1. The molecule has 2 N–H and O–H groups in total. The normalized spacial score (nSPS) is 13.0. The first-order valence-corrected chi connectivity index (χ1v) is 18.1. The molecular formula is C36H47N5O8S. The average Bonchev–Trinajstić information content (AvgIpc) is 3.10. The van der Waals surface area contributed by atoms with Crippen molar-refractivity contribution in [3.8, 4) is 0 Å². The van der Waals surface area contributed by atoms with E-state index in [1.807, 2.05) is 67.5 Å². The number of amides is 2. The van der Waals surface area contributed by atoms with Crippen molar-refractivity contribution >= 4 is 51.7 Å². The number of hydrogen-bond donors (Lipinski definition) is 2. The molecule has 3 atom stereocenters. The molecule has 0 aliphatic carbocycles. The largest absolute Gasteiger partial charge is 0.467 e. The molecule has 3 rings (SSSR count). The number of thioether (sulfide) groups is 1. The van der Waals surface area contributed by atoms with Crippen molar-refractivity contribution in [2.24, 2.45) is 5.92 Å². The van der Waals surface area contributed by atoms with Crippen LogP contribution in [-0.4, -0.2) is 76.8 Å². The Morgan fingerprint density at radius 3 is 2.36 bits per heavy atom. The van der Waals surface area contributed by atoms with Gasteiger partial charge in [0, 0.05) is 37.2 Å². The number of esters is 1. The second kappa shape index (κ2) is 20.2. The van der Waals surface area contributed by atoms with Crippen LogP contribution in [0.15, 0.2) is 60.7 Å². The number of nitro groups is 2. The van der Waals surface area contributed by atoms with Gasteiger partial charge in [0.15, 0.2) is 0 Å². The van der Waals surface area contributed by atoms with Crippen molar-refractivity contribution in [2.75, 3.05) is 32.2 Å². The highest BCUT2D eigenvalue weighted by Gasteiger charge is 2.26. The van der Waals surface area contributed by atoms with Crippen LogP contribution in [0.2, 0.25) is 0 Å². The molecule has 0 heterocycles. The van der Waals surface area contributed by atoms with E-state index in [1.165, 1.54) is 19.2 Å². The number of nitrogens with zero attached hydrogens (tertiary/aromatic N) is 3. The highest BCUT2D eigenvalue weighted by Crippen LogP contribution is 2.26. The second-order valence-electron chi connectivity index (χ2n) is 12.3. The maximum atomic E-state index is 13.4. The Balaban J connectivity index is 1.73. The number of rotatable bonds is 21. The van der Waals surface area contributed by atoms with E-state index < -0.39 is 21.9 Å². The molecule has 270 valence electrons. The summed E-state index contributed by atoms with van der Waals surface area (Å²) in [5.41, 5.74) is 0.751. The minimum absolute atomic E-state index is 0.00714. The molecule has 13 nitrogen and oxygen atoms in total. The molecule has 0 aliphatic heterocycles. The van der Waals surface area contributed by atoms with Gasteiger partial charge in [-0.25, -0.2) is 4.79 Å². The first-order chi connectivity index (χ1) is 24.0. The third-order valence-electron chi connectivity index (χ3n) is 8.78. The summed E-state index contributed by atoms with van der Waals surface area (Å²) in [6.07, 6.45) is 4.57. The predicted molar refractivity (Wildman–Crippen MR) is 195 cm³/mol. The van der Waals surface area contributed by atoms with Crippen molar-refractivity contribution in [1.29, 1.82) is 0 Å². The van der Waals surface area contributed by atoms with Gasteiger partial charge in [-0.05, 0) is 66.0 Å². The van der Waals surface area contributed by atoms with Crippen molar-refractivity contribution < 1.29 is 29.0 Å². The smallest absolute Gasteiger partial charge is 0.328 e. The number of nitro benzene ring substituents is 2. The number of methoxy groups -OCH3 is 1. The van der Waals surface area contributed by atoms with Gasteiger partial charge in [-0.3, -0.25) is 34.7 Å². The minimum atomic E-state index is -0.767. The van der Waals surface area contributed by atoms with Crippen LogP contribution in [0.5, 0.6) is 0 Å². The highest BCUT2D eigenvalue weighted by molar-refractivity contribution is 7.98. The lowest BCUT2D eigenvalue weighted by molar-refractivity contribution is -0.394. The van der Waals surface area contributed by atoms with Crippen molar-refractivity contribution in [1.82, 2.24) is 15.5 Å². The Bertz CT molecular complexity index is 1630. The molecule has 0 bridgehead atoms. The van der Waals surface area contributed by atoms with E-state index in [0.29, 0.717) is 50.1 Å². The molecule has 0 unspecified atom stereocenters. The van der Waals surface area contributed by atoms with Gasteiger partial charge >= 0.3 is 5.97 Å². The number of nitrogens with one attached hydrogen (secondary N) is 2. The molecule has 14 heteroatoms. The number of hydrogen-bond acceptors (Lipinski definition) is 10. The van der Waals surface area contributed by atoms with E-state index in [-0.39, 0.29) is 48.1 Å². The number of unbranched alkanes of at least 4 members (excludes halogenated alkanes) is 1. The number of carbonyl (C=O) groups excluding carboxylic acids is 3. The first-order valence-electron chi connectivity index (χ1n) is 16.7. The van der Waals surface area contributed by atoms with Crippen LogP contribution >= 0.6 is 11.8 Å². The van der Waals surface area contributed by atoms with Gasteiger partial charge in [-0.2, -0.15) is 11.8 Å². The van der Waals surface area contributed by atoms with Gasteiger partial charge in [0.1, 0.15) is 6.04 Å². The van der Waals surface area contributed by atoms with Gasteiger partial charge in [0.2, 0.25) is 11.8 Å². The number of benzene rings is 3. The van der Waals surface area contributed by atoms with Crippen LogP contribution in [0.25, 0.3) is 10.8 Å². The van der Waals surface area contributed by atoms with Gasteiger partial charge < -0.3 is 15.4 Å². The summed E-state index contributed by atoms with van der Waals surface area (Å²) in [6, 6.07) is 16.6. The Morgan fingerprint density at radius 1 is 0.940 bits per heavy atom. The minimum Gasteiger partial charge on any atom is -0.467 e. The summed E-state index contributed by atoms with van der Waals surface area (Å²) in [5, 5.41) is 30.7. The van der Waals surface area contributed by atoms with Crippen molar-refractivity contribution in [2.45, 2.75) is 71.0 Å². The first kappa shape index (κ1) is 39.9. The fourth-order valence-electron chi connectivity index (χ4n) is 5.78. The zero-order valence-corrected chi connectivity index (χ0v) is 29.9. The van der Waals surface area contributed by atoms with Crippen molar-refractivity contribution in [3.63, 3.8) is 0 Å². The standard InChI is InChI=1S/C36H47N5O8S/c1-5-25(2)32(38-34(42)16-9-7-12-27-17-18-29(40(45)46)21-33(27)41(47)48)23-39(22-28-14-10-13-26-11-6-8-15-30(26)28)24-35(43)37-31(19-20-50-4)36(44)49-3/h6,8,10-11,13-15,17-18,21,25,31-32H,5,7,9,12,16,19-20,22-24H2,1-4H3,(H,37,43)(H,38,42)/t25-,31-,32+/m0/s1. The highest BCUT2D eigenvalue weighted by atomic mass is 32.2. The zero-order valence-electron chi connectivity index (χ0n) is 29.1. The van der Waals surface area contributed by atoms with E-state index in [2.05, 4.69) is 10.6 Å². The fourth-order valence-corrected chi connectivity index (χ4v) is 6.26. The van der Waals surface area contributed by atoms with Gasteiger partial charge in [0.25, 0.3) is 11.4 Å². The van der Waals surface area contributed by atoms with Crippen LogP contribution in [0.3, 0.4) is 0 Å². The summed E-state index contributed by atoms with van der Waals surface area (Å²) in [4.78, 5) is 62.3. The van der Waals surface area contributed by atoms with E-state index in [0.717, 1.165) is 28.8 Å². The van der Waals surface area contributed by atoms with Gasteiger partial charge in [-0.15, -0.1) is 0 Å². The molecule has 50 heavy (non-hydrogen) atoms. The lowest BCUT2D eigenvalue weighted by Crippen LogP contribution is -2.51. The van der Waals surface area contributed by atoms with Gasteiger partial charge in [-0.1, -0.05) is 62.7 Å². The zero-order chi connectivity index (χ0) is 36.6. The molecule has 0 fully saturated rings. The Labute approximate surface area is 296 Å². The van der Waals surface area contributed by atoms with Crippen LogP contribution in [0.1, 0.15) is 57.1 Å². The van der Waals surface area contributed by atoms with E-state index in [4.69, 9.17) is 4.74 Å². The molecule has 0 saturated heterocycles. The monoisotopic (exact) mass is 709 g/mol. The molecule has 0 saturated carbocycles. The maximum absolute atomic E-state index is 13.4. The second-order valence-corrected chi connectivity index (χ2v) is 13.3. The molecule has 3 aromatic carbocycles. The maximum Gasteiger partial charge on any atom is 0.328 e. The summed E-state index contributed by atoms with van der Waals surface area (Å²) in [5.74, 6) is -0.251. The average molecular weight is 710 g/mol. The van der Waals surface area contributed by atoms with Crippen LogP contribution in [0.4, 0.5) is 11.4 Å². The Morgan fingerprint density at radius 2 is 1.68 bits per heavy atom. The lowest BCUT2D eigenvalue weighted by Gasteiger charge is -2.32. The van der Waals surface area contributed by atoms with Crippen LogP contribution in [-0.2, 0) is 32.1 Å². The molecule has 2 amide bonds. The third-order valence-corrected chi connectivity index (χ3v) is 9.43. The van der Waals surface area contributed by atoms with E-state index in [9.17, 15) is 34.6 Å². The third kappa shape index (κ3) is 12.1. The molecule has 0 radical (unpaired) electrons. The van der Waals surface area contributed by atoms with E-state index in [1.54, 1.807) is 11.8 Å². The molecule has 3 aromatic rings. The molecule has 0 spiro atoms. The quantitative estimate of drug-likeness (QED) is 0.0594. The fraction of sp³-hybridized carbons (Fsp3) is 0.472. The van der Waals surface area contributed by atoms with Crippen LogP contribution in [0, 0.1) is 26.1 Å². The summed E-state index contributed by atoms with van der Waals surface area (Å²) >= 11 is 1.57. The number of aryl methyl sites for hydroxylation is 1. The SMILES string of the molecule is CC[C@H](C)[C@@H](CN(CC(=O)N[C@@H](CCSC)C(=O)OC)Cc1cccc2ccccc12)NC(=O)CCCCc1ccc([N+](=O)[O-])cc1[N+](=O)[O-]. The summed E-state index contributed by atoms with van der Waals surface area (Å²) < 4.78 is 4.93. The predicted octanol–water partition coefficient (Wildman–Crippen LogP) is 5.81. The Hall–Kier alpha value is -4.56. The number of carbonyl (C=O) groups is 3. The molecular weight excluding hydrogens is 662 g/mol. The lowest BCUT2D eigenvalue weighted by atomic mass is 9.97. The topological polar surface area (TPSA) is 174 Å². The summed E-state index contributed by atoms with van der Waals surface area (Å²) in [7, 11) is 1.30. The number of fused-ring (bicyclic) bond motifs is 1. The van der Waals surface area contributed by atoms with Gasteiger partial charge in [0.05, 0.1) is 29.6 Å². The van der Waals surface area contributed by atoms with Crippen molar-refractivity contribution in [3.05, 3.63) is 92.0 Å². The van der Waals surface area contributed by atoms with E-state index >= 15 is 0 Å².